The molecule has 1 rings (SSSR count). The minimum atomic E-state index is -0.567. The fourth-order valence-electron chi connectivity index (χ4n) is 1.97. The van der Waals surface area contributed by atoms with Gasteiger partial charge in [0.05, 0.1) is 0 Å². The second kappa shape index (κ2) is 5.06. The average Bonchev–Trinajstić information content (AvgIpc) is 2.25. The maximum absolute atomic E-state index is 12.6. The first-order chi connectivity index (χ1) is 8.06. The van der Waals surface area contributed by atoms with Crippen LogP contribution in [-0.4, -0.2) is 36.6 Å². The van der Waals surface area contributed by atoms with Gasteiger partial charge in [0.1, 0.15) is 7.85 Å². The van der Waals surface area contributed by atoms with Gasteiger partial charge in [-0.2, -0.15) is 0 Å². The number of Topliss-reactive ketones (excluding diaryl/α,β-unsaturated/α-hetero) is 1. The molecule has 0 amide bonds. The number of likely N-dealkylation sites (N-methyl/N-ethyl adjacent to an activating group) is 1. The van der Waals surface area contributed by atoms with Crippen molar-refractivity contribution in [2.24, 2.45) is 0 Å². The third-order valence-corrected chi connectivity index (χ3v) is 3.72. The van der Waals surface area contributed by atoms with Crippen molar-refractivity contribution in [2.45, 2.75) is 38.7 Å². The first-order valence-electron chi connectivity index (χ1n) is 6.11. The molecule has 0 saturated heterocycles. The Kier molecular flexibility index (Phi) is 4.29. The van der Waals surface area contributed by atoms with E-state index in [0.717, 1.165) is 0 Å². The molecule has 4 heteroatoms. The fourth-order valence-corrected chi connectivity index (χ4v) is 2.16. The van der Waals surface area contributed by atoms with Crippen molar-refractivity contribution in [3.05, 3.63) is 34.9 Å². The summed E-state index contributed by atoms with van der Waals surface area (Å²) in [5.74, 6) is 0.0856. The molecule has 0 bridgehead atoms. The topological polar surface area (TPSA) is 20.3 Å². The van der Waals surface area contributed by atoms with E-state index >= 15 is 0 Å². The van der Waals surface area contributed by atoms with E-state index in [4.69, 9.17) is 11.6 Å². The normalized spacial score (nSPS) is 15.5. The third-order valence-electron chi connectivity index (χ3n) is 3.49. The molecule has 0 radical (unpaired) electrons. The van der Waals surface area contributed by atoms with Gasteiger partial charge in [-0.3, -0.25) is 9.69 Å². The van der Waals surface area contributed by atoms with E-state index in [1.165, 1.54) is 0 Å². The highest BCUT2D eigenvalue weighted by molar-refractivity contribution is 6.33. The van der Waals surface area contributed by atoms with Crippen LogP contribution in [0.4, 0.5) is 0 Å². The molecule has 1 aromatic rings. The maximum atomic E-state index is 12.6. The van der Waals surface area contributed by atoms with E-state index < -0.39 is 5.44 Å². The highest BCUT2D eigenvalue weighted by Crippen LogP contribution is 2.25. The predicted molar refractivity (Wildman–Crippen MR) is 80.2 cm³/mol. The molecule has 0 saturated carbocycles. The monoisotopic (exact) mass is 265 g/mol. The molecule has 0 N–H and O–H groups in total. The lowest BCUT2D eigenvalue weighted by molar-refractivity contribution is 0.0624. The van der Waals surface area contributed by atoms with Gasteiger partial charge in [-0.05, 0) is 46.9 Å². The van der Waals surface area contributed by atoms with Crippen molar-refractivity contribution < 1.29 is 4.79 Å². The van der Waals surface area contributed by atoms with Gasteiger partial charge in [0.2, 0.25) is 0 Å². The fraction of sp³-hybridized carbons (Fsp3) is 0.500. The Morgan fingerprint density at radius 3 is 2.28 bits per heavy atom. The third kappa shape index (κ3) is 3.15. The smallest absolute Gasteiger partial charge is 0.174 e. The molecule has 1 atom stereocenters. The zero-order valence-electron chi connectivity index (χ0n) is 12.0. The lowest BCUT2D eigenvalue weighted by Crippen LogP contribution is -2.58. The quantitative estimate of drug-likeness (QED) is 0.618. The molecular weight excluding hydrogens is 244 g/mol. The summed E-state index contributed by atoms with van der Waals surface area (Å²) in [4.78, 5) is 14.7. The zero-order valence-corrected chi connectivity index (χ0v) is 12.8. The number of hydrogen-bond donors (Lipinski definition) is 0. The molecular formula is C14H21BClNO. The van der Waals surface area contributed by atoms with Gasteiger partial charge < -0.3 is 0 Å². The average molecular weight is 266 g/mol. The Labute approximate surface area is 116 Å². The summed E-state index contributed by atoms with van der Waals surface area (Å²) >= 11 is 5.94. The van der Waals surface area contributed by atoms with Crippen molar-refractivity contribution >= 4 is 25.2 Å². The Bertz CT molecular complexity index is 451. The summed E-state index contributed by atoms with van der Waals surface area (Å²) in [7, 11) is 3.92. The number of rotatable bonds is 3. The van der Waals surface area contributed by atoms with Gasteiger partial charge in [-0.25, -0.2) is 0 Å². The molecule has 0 spiro atoms. The lowest BCUT2D eigenvalue weighted by Gasteiger charge is -2.43. The highest BCUT2D eigenvalue weighted by Gasteiger charge is 2.37. The molecule has 2 nitrogen and oxygen atoms in total. The van der Waals surface area contributed by atoms with Crippen LogP contribution in [0.25, 0.3) is 0 Å². The molecule has 18 heavy (non-hydrogen) atoms. The molecule has 0 aliphatic carbocycles. The second-order valence-corrected chi connectivity index (χ2v) is 6.56. The summed E-state index contributed by atoms with van der Waals surface area (Å²) in [6.45, 7) is 8.24. The number of hydrogen-bond acceptors (Lipinski definition) is 2. The predicted octanol–water partition coefficient (Wildman–Crippen LogP) is 2.60. The van der Waals surface area contributed by atoms with Crippen molar-refractivity contribution in [3.8, 4) is 0 Å². The summed E-state index contributed by atoms with van der Waals surface area (Å²) in [5, 5.41) is 0.593. The zero-order chi connectivity index (χ0) is 14.1. The highest BCUT2D eigenvalue weighted by atomic mass is 35.5. The van der Waals surface area contributed by atoms with Crippen molar-refractivity contribution in [3.63, 3.8) is 0 Å². The molecule has 0 heterocycles. The SMILES string of the molecule is B[C@@](C)(C(=O)c1cccc(Cl)c1)N(C)C(C)(C)C. The number of benzene rings is 1. The number of carbonyl (C=O) groups is 1. The molecule has 0 unspecified atom stereocenters. The van der Waals surface area contributed by atoms with Crippen LogP contribution >= 0.6 is 11.6 Å². The molecule has 0 aromatic heterocycles. The van der Waals surface area contributed by atoms with E-state index in [1.807, 2.05) is 34.0 Å². The first kappa shape index (κ1) is 15.3. The van der Waals surface area contributed by atoms with Crippen LogP contribution in [0.2, 0.25) is 5.02 Å². The van der Waals surface area contributed by atoms with E-state index in [0.29, 0.717) is 10.6 Å². The molecule has 0 aliphatic heterocycles. The van der Waals surface area contributed by atoms with Crippen LogP contribution in [0.5, 0.6) is 0 Å². The number of nitrogens with zero attached hydrogens (tertiary/aromatic N) is 1. The molecule has 0 aliphatic rings. The van der Waals surface area contributed by atoms with Gasteiger partial charge in [0.15, 0.2) is 5.78 Å². The van der Waals surface area contributed by atoms with E-state index in [1.54, 1.807) is 12.1 Å². The van der Waals surface area contributed by atoms with Crippen LogP contribution < -0.4 is 0 Å². The Morgan fingerprint density at radius 1 is 1.28 bits per heavy atom. The Morgan fingerprint density at radius 2 is 1.83 bits per heavy atom. The van der Waals surface area contributed by atoms with Crippen LogP contribution in [0, 0.1) is 0 Å². The molecule has 1 aromatic carbocycles. The van der Waals surface area contributed by atoms with Gasteiger partial charge in [-0.1, -0.05) is 23.7 Å². The molecule has 98 valence electrons. The number of halogens is 1. The van der Waals surface area contributed by atoms with E-state index in [9.17, 15) is 4.79 Å². The van der Waals surface area contributed by atoms with Gasteiger partial charge in [0.25, 0.3) is 0 Å². The summed E-state index contributed by atoms with van der Waals surface area (Å²) in [6.07, 6.45) is 0. The minimum absolute atomic E-state index is 0.0717. The first-order valence-corrected chi connectivity index (χ1v) is 6.49. The second-order valence-electron chi connectivity index (χ2n) is 6.13. The van der Waals surface area contributed by atoms with Gasteiger partial charge in [-0.15, -0.1) is 0 Å². The summed E-state index contributed by atoms with van der Waals surface area (Å²) in [6, 6.07) is 7.12. The standard InChI is InChI=1S/C14H21BClNO/c1-13(2,3)17(5)14(4,15)12(18)10-7-6-8-11(16)9-10/h6-9H,15H2,1-5H3/t14-/m1/s1. The van der Waals surface area contributed by atoms with Crippen LogP contribution in [-0.2, 0) is 0 Å². The van der Waals surface area contributed by atoms with Crippen LogP contribution in [0.1, 0.15) is 38.1 Å². The Hall–Kier alpha value is -0.795. The van der Waals surface area contributed by atoms with Crippen molar-refractivity contribution in [1.82, 2.24) is 4.90 Å². The van der Waals surface area contributed by atoms with E-state index in [2.05, 4.69) is 25.7 Å². The van der Waals surface area contributed by atoms with Crippen molar-refractivity contribution in [1.29, 1.82) is 0 Å². The largest absolute Gasteiger partial charge is 0.296 e. The van der Waals surface area contributed by atoms with Gasteiger partial charge >= 0.3 is 0 Å². The van der Waals surface area contributed by atoms with Crippen LogP contribution in [0.3, 0.4) is 0 Å². The van der Waals surface area contributed by atoms with E-state index in [-0.39, 0.29) is 11.3 Å². The summed E-state index contributed by atoms with van der Waals surface area (Å²) < 4.78 is 0. The minimum Gasteiger partial charge on any atom is -0.296 e. The lowest BCUT2D eigenvalue weighted by atomic mass is 9.71. The van der Waals surface area contributed by atoms with Gasteiger partial charge in [0, 0.05) is 21.6 Å². The summed E-state index contributed by atoms with van der Waals surface area (Å²) in [5.41, 5.74) is 0.0179. The van der Waals surface area contributed by atoms with Crippen LogP contribution in [0.15, 0.2) is 24.3 Å². The number of carbonyl (C=O) groups excluding carboxylic acids is 1. The molecule has 0 fully saturated rings. The number of ketones is 1. The maximum Gasteiger partial charge on any atom is 0.174 e. The Balaban J connectivity index is 3.09. The van der Waals surface area contributed by atoms with Crippen molar-refractivity contribution in [2.75, 3.05) is 7.05 Å².